The minimum Gasteiger partial charge on any atom is -0.485 e. The molecule has 114 valence electrons. The molecule has 0 radical (unpaired) electrons. The minimum atomic E-state index is 0.416. The number of aryl methyl sites for hydroxylation is 2. The topological polar surface area (TPSA) is 52.0 Å². The van der Waals surface area contributed by atoms with Crippen molar-refractivity contribution in [3.05, 3.63) is 39.9 Å². The molecule has 0 spiro atoms. The molecule has 1 aromatic heterocycles. The lowest BCUT2D eigenvalue weighted by molar-refractivity contribution is 0.284. The van der Waals surface area contributed by atoms with Gasteiger partial charge in [0.15, 0.2) is 5.82 Å². The Morgan fingerprint density at radius 1 is 1.38 bits per heavy atom. The van der Waals surface area contributed by atoms with Gasteiger partial charge >= 0.3 is 0 Å². The van der Waals surface area contributed by atoms with Gasteiger partial charge in [-0.2, -0.15) is 5.10 Å². The molecule has 6 heteroatoms. The maximum atomic E-state index is 5.99. The van der Waals surface area contributed by atoms with Crippen molar-refractivity contribution < 1.29 is 4.74 Å². The van der Waals surface area contributed by atoms with E-state index in [-0.39, 0.29) is 0 Å². The van der Waals surface area contributed by atoms with Gasteiger partial charge in [-0.1, -0.05) is 22.9 Å². The average Bonchev–Trinajstić information content (AvgIpc) is 2.83. The standard InChI is InChI=1S/C15H21BrN4O/c1-4-5-17-8-12-7-13(16)6-11(2)15(12)21-9-14-18-10-19-20(14)3/h6-7,10,17H,4-5,8-9H2,1-3H3. The normalized spacial score (nSPS) is 10.9. The first-order valence-electron chi connectivity index (χ1n) is 7.07. The summed E-state index contributed by atoms with van der Waals surface area (Å²) in [5, 5.41) is 7.47. The van der Waals surface area contributed by atoms with Crippen molar-refractivity contribution in [1.82, 2.24) is 20.1 Å². The van der Waals surface area contributed by atoms with Gasteiger partial charge in [0.1, 0.15) is 18.7 Å². The second-order valence-electron chi connectivity index (χ2n) is 4.98. The summed E-state index contributed by atoms with van der Waals surface area (Å²) in [4.78, 5) is 4.19. The van der Waals surface area contributed by atoms with Crippen molar-refractivity contribution >= 4 is 15.9 Å². The molecule has 0 aliphatic heterocycles. The average molecular weight is 353 g/mol. The summed E-state index contributed by atoms with van der Waals surface area (Å²) in [7, 11) is 1.86. The first-order valence-corrected chi connectivity index (χ1v) is 7.86. The monoisotopic (exact) mass is 352 g/mol. The fourth-order valence-corrected chi connectivity index (χ4v) is 2.74. The highest BCUT2D eigenvalue weighted by atomic mass is 79.9. The maximum absolute atomic E-state index is 5.99. The predicted molar refractivity (Wildman–Crippen MR) is 86.2 cm³/mol. The third-order valence-corrected chi connectivity index (χ3v) is 3.67. The molecule has 0 bridgehead atoms. The summed E-state index contributed by atoms with van der Waals surface area (Å²) >= 11 is 3.55. The van der Waals surface area contributed by atoms with Crippen LogP contribution in [-0.2, 0) is 20.2 Å². The van der Waals surface area contributed by atoms with Crippen molar-refractivity contribution in [2.45, 2.75) is 33.4 Å². The Morgan fingerprint density at radius 2 is 2.19 bits per heavy atom. The summed E-state index contributed by atoms with van der Waals surface area (Å²) in [6.45, 7) is 6.42. The molecule has 0 saturated heterocycles. The molecule has 0 unspecified atom stereocenters. The number of nitrogens with zero attached hydrogens (tertiary/aromatic N) is 3. The van der Waals surface area contributed by atoms with Crippen LogP contribution in [0.15, 0.2) is 22.9 Å². The first-order chi connectivity index (χ1) is 10.1. The fraction of sp³-hybridized carbons (Fsp3) is 0.467. The van der Waals surface area contributed by atoms with Crippen molar-refractivity contribution in [1.29, 1.82) is 0 Å². The Bertz CT molecular complexity index is 597. The molecule has 0 amide bonds. The van der Waals surface area contributed by atoms with E-state index >= 15 is 0 Å². The number of hydrogen-bond acceptors (Lipinski definition) is 4. The molecule has 0 saturated carbocycles. The van der Waals surface area contributed by atoms with Crippen LogP contribution in [0, 0.1) is 6.92 Å². The quantitative estimate of drug-likeness (QED) is 0.778. The molecule has 1 N–H and O–H groups in total. The van der Waals surface area contributed by atoms with E-state index in [4.69, 9.17) is 4.74 Å². The lowest BCUT2D eigenvalue weighted by atomic mass is 10.1. The lowest BCUT2D eigenvalue weighted by Gasteiger charge is -2.15. The van der Waals surface area contributed by atoms with Gasteiger partial charge in [0.2, 0.25) is 0 Å². The van der Waals surface area contributed by atoms with Gasteiger partial charge in [0.05, 0.1) is 0 Å². The first kappa shape index (κ1) is 16.0. The van der Waals surface area contributed by atoms with Crippen molar-refractivity contribution in [2.24, 2.45) is 7.05 Å². The summed E-state index contributed by atoms with van der Waals surface area (Å²) in [5.74, 6) is 1.73. The van der Waals surface area contributed by atoms with E-state index in [0.29, 0.717) is 6.61 Å². The Kier molecular flexibility index (Phi) is 5.76. The Balaban J connectivity index is 2.14. The highest BCUT2D eigenvalue weighted by Crippen LogP contribution is 2.28. The second-order valence-corrected chi connectivity index (χ2v) is 5.89. The van der Waals surface area contributed by atoms with Crippen LogP contribution in [0.1, 0.15) is 30.3 Å². The molecule has 1 heterocycles. The van der Waals surface area contributed by atoms with E-state index < -0.39 is 0 Å². The molecule has 21 heavy (non-hydrogen) atoms. The van der Waals surface area contributed by atoms with E-state index in [1.165, 1.54) is 6.33 Å². The van der Waals surface area contributed by atoms with Crippen LogP contribution >= 0.6 is 15.9 Å². The van der Waals surface area contributed by atoms with Crippen LogP contribution in [0.4, 0.5) is 0 Å². The molecule has 5 nitrogen and oxygen atoms in total. The van der Waals surface area contributed by atoms with E-state index in [1.54, 1.807) is 4.68 Å². The second kappa shape index (κ2) is 7.56. The molecule has 1 aromatic carbocycles. The van der Waals surface area contributed by atoms with Crippen LogP contribution in [0.2, 0.25) is 0 Å². The minimum absolute atomic E-state index is 0.416. The number of nitrogens with one attached hydrogen (secondary N) is 1. The fourth-order valence-electron chi connectivity index (χ4n) is 2.12. The number of halogens is 1. The van der Waals surface area contributed by atoms with Gasteiger partial charge in [-0.25, -0.2) is 4.98 Å². The zero-order valence-electron chi connectivity index (χ0n) is 12.7. The highest BCUT2D eigenvalue weighted by molar-refractivity contribution is 9.10. The van der Waals surface area contributed by atoms with E-state index in [0.717, 1.165) is 46.7 Å². The van der Waals surface area contributed by atoms with Crippen LogP contribution in [0.5, 0.6) is 5.75 Å². The van der Waals surface area contributed by atoms with Gasteiger partial charge in [0, 0.05) is 23.6 Å². The molecular formula is C15H21BrN4O. The summed E-state index contributed by atoms with van der Waals surface area (Å²) in [6, 6.07) is 4.16. The zero-order chi connectivity index (χ0) is 15.2. The number of aromatic nitrogens is 3. The SMILES string of the molecule is CCCNCc1cc(Br)cc(C)c1OCc1ncnn1C. The third-order valence-electron chi connectivity index (χ3n) is 3.21. The molecule has 0 aliphatic rings. The van der Waals surface area contributed by atoms with E-state index in [9.17, 15) is 0 Å². The van der Waals surface area contributed by atoms with Gasteiger partial charge in [-0.15, -0.1) is 0 Å². The van der Waals surface area contributed by atoms with Crippen molar-refractivity contribution in [2.75, 3.05) is 6.54 Å². The Labute approximate surface area is 133 Å². The smallest absolute Gasteiger partial charge is 0.164 e. The molecule has 0 aliphatic carbocycles. The molecule has 2 rings (SSSR count). The van der Waals surface area contributed by atoms with Gasteiger partial charge in [0.25, 0.3) is 0 Å². The molecule has 0 fully saturated rings. The van der Waals surface area contributed by atoms with Crippen molar-refractivity contribution in [3.63, 3.8) is 0 Å². The molecular weight excluding hydrogens is 332 g/mol. The van der Waals surface area contributed by atoms with Crippen LogP contribution in [0.3, 0.4) is 0 Å². The van der Waals surface area contributed by atoms with Crippen LogP contribution < -0.4 is 10.1 Å². The lowest BCUT2D eigenvalue weighted by Crippen LogP contribution is -2.15. The van der Waals surface area contributed by atoms with Gasteiger partial charge in [-0.05, 0) is 37.6 Å². The van der Waals surface area contributed by atoms with Gasteiger partial charge < -0.3 is 10.1 Å². The Hall–Kier alpha value is -1.40. The highest BCUT2D eigenvalue weighted by Gasteiger charge is 2.10. The molecule has 0 atom stereocenters. The summed E-state index contributed by atoms with van der Waals surface area (Å²) < 4.78 is 8.79. The predicted octanol–water partition coefficient (Wildman–Crippen LogP) is 2.96. The van der Waals surface area contributed by atoms with Crippen LogP contribution in [0.25, 0.3) is 0 Å². The van der Waals surface area contributed by atoms with Crippen molar-refractivity contribution in [3.8, 4) is 5.75 Å². The molecule has 2 aromatic rings. The largest absolute Gasteiger partial charge is 0.485 e. The number of rotatable bonds is 7. The van der Waals surface area contributed by atoms with Crippen LogP contribution in [-0.4, -0.2) is 21.3 Å². The summed E-state index contributed by atoms with van der Waals surface area (Å²) in [6.07, 6.45) is 2.65. The maximum Gasteiger partial charge on any atom is 0.164 e. The summed E-state index contributed by atoms with van der Waals surface area (Å²) in [5.41, 5.74) is 2.26. The van der Waals surface area contributed by atoms with E-state index in [1.807, 2.05) is 7.05 Å². The number of hydrogen-bond donors (Lipinski definition) is 1. The third kappa shape index (κ3) is 4.28. The number of ether oxygens (including phenoxy) is 1. The van der Waals surface area contributed by atoms with E-state index in [2.05, 4.69) is 57.3 Å². The Morgan fingerprint density at radius 3 is 2.86 bits per heavy atom. The zero-order valence-corrected chi connectivity index (χ0v) is 14.3. The van der Waals surface area contributed by atoms with Gasteiger partial charge in [-0.3, -0.25) is 4.68 Å². The number of benzene rings is 1.